The topological polar surface area (TPSA) is 93.3 Å². The molecule has 2 N–H and O–H groups in total. The van der Waals surface area contributed by atoms with E-state index in [4.69, 9.17) is 0 Å². The van der Waals surface area contributed by atoms with E-state index >= 15 is 0 Å². The first-order valence-electron chi connectivity index (χ1n) is 5.86. The van der Waals surface area contributed by atoms with Gasteiger partial charge >= 0.3 is 6.36 Å². The molecular weight excluding hydrogens is 305 g/mol. The van der Waals surface area contributed by atoms with Gasteiger partial charge in [0.15, 0.2) is 5.52 Å². The van der Waals surface area contributed by atoms with Crippen LogP contribution in [0.3, 0.4) is 0 Å². The van der Waals surface area contributed by atoms with Crippen molar-refractivity contribution in [2.45, 2.75) is 6.36 Å². The Morgan fingerprint density at radius 1 is 1.14 bits per heavy atom. The maximum atomic E-state index is 12.1. The van der Waals surface area contributed by atoms with Gasteiger partial charge in [0.05, 0.1) is 0 Å². The predicted octanol–water partition coefficient (Wildman–Crippen LogP) is 2.97. The molecule has 0 fully saturated rings. The fraction of sp³-hybridized carbons (Fsp3) is 0.0833. The number of alkyl halides is 3. The average Bonchev–Trinajstić information content (AvgIpc) is 2.87. The molecule has 0 bridgehead atoms. The van der Waals surface area contributed by atoms with Gasteiger partial charge in [-0.1, -0.05) is 0 Å². The number of nitrogens with zero attached hydrogens (tertiary/aromatic N) is 3. The Balaban J connectivity index is 1.81. The van der Waals surface area contributed by atoms with Gasteiger partial charge in [0.2, 0.25) is 11.5 Å². The lowest BCUT2D eigenvalue weighted by Gasteiger charge is -2.10. The van der Waals surface area contributed by atoms with Crippen molar-refractivity contribution in [3.63, 3.8) is 0 Å². The number of pyridine rings is 1. The number of halogens is 3. The van der Waals surface area contributed by atoms with E-state index in [0.29, 0.717) is 11.2 Å². The van der Waals surface area contributed by atoms with E-state index in [0.717, 1.165) is 12.1 Å². The smallest absolute Gasteiger partial charge is 0.492 e. The van der Waals surface area contributed by atoms with Gasteiger partial charge in [0.1, 0.15) is 11.4 Å². The third kappa shape index (κ3) is 3.00. The lowest BCUT2D eigenvalue weighted by molar-refractivity contribution is -0.274. The molecule has 0 atom stereocenters. The monoisotopic (exact) mass is 312 g/mol. The number of hydrogen-bond donors (Lipinski definition) is 2. The molecule has 0 saturated heterocycles. The molecule has 2 heterocycles. The Morgan fingerprint density at radius 3 is 2.55 bits per heavy atom. The average molecular weight is 312 g/mol. The molecule has 0 unspecified atom stereocenters. The molecule has 0 amide bonds. The maximum Gasteiger partial charge on any atom is 0.573 e. The van der Waals surface area contributed by atoms with Crippen LogP contribution < -0.4 is 10.1 Å². The predicted molar refractivity (Wildman–Crippen MR) is 67.7 cm³/mol. The summed E-state index contributed by atoms with van der Waals surface area (Å²) in [5, 5.41) is 19.6. The number of aromatic nitrogens is 3. The maximum absolute atomic E-state index is 12.1. The van der Waals surface area contributed by atoms with Gasteiger partial charge in [0.25, 0.3) is 0 Å². The first-order valence-corrected chi connectivity index (χ1v) is 5.86. The zero-order chi connectivity index (χ0) is 15.7. The van der Waals surface area contributed by atoms with Crippen LogP contribution in [0.2, 0.25) is 0 Å². The van der Waals surface area contributed by atoms with Gasteiger partial charge in [-0.3, -0.25) is 0 Å². The molecule has 114 valence electrons. The molecule has 0 aliphatic rings. The molecule has 22 heavy (non-hydrogen) atoms. The number of anilines is 2. The van der Waals surface area contributed by atoms with E-state index in [-0.39, 0.29) is 23.0 Å². The quantitative estimate of drug-likeness (QED) is 0.768. The van der Waals surface area contributed by atoms with Gasteiger partial charge in [0, 0.05) is 11.8 Å². The highest BCUT2D eigenvalue weighted by Gasteiger charge is 2.30. The Morgan fingerprint density at radius 2 is 1.86 bits per heavy atom. The first kappa shape index (κ1) is 13.9. The van der Waals surface area contributed by atoms with Gasteiger partial charge in [-0.15, -0.1) is 13.2 Å². The second-order valence-corrected chi connectivity index (χ2v) is 4.16. The molecule has 1 aromatic carbocycles. The van der Waals surface area contributed by atoms with E-state index in [1.54, 1.807) is 0 Å². The number of rotatable bonds is 3. The summed E-state index contributed by atoms with van der Waals surface area (Å²) in [7, 11) is 0. The van der Waals surface area contributed by atoms with Crippen LogP contribution in [0.15, 0.2) is 35.0 Å². The van der Waals surface area contributed by atoms with E-state index < -0.39 is 6.36 Å². The summed E-state index contributed by atoms with van der Waals surface area (Å²) in [6.45, 7) is 0. The van der Waals surface area contributed by atoms with Gasteiger partial charge in [-0.05, 0) is 34.6 Å². The zero-order valence-corrected chi connectivity index (χ0v) is 10.6. The number of hydrogen-bond acceptors (Lipinski definition) is 7. The minimum absolute atomic E-state index is 0.136. The molecule has 10 heteroatoms. The van der Waals surface area contributed by atoms with E-state index in [1.807, 2.05) is 0 Å². The van der Waals surface area contributed by atoms with E-state index in [9.17, 15) is 18.3 Å². The van der Waals surface area contributed by atoms with Crippen molar-refractivity contribution < 1.29 is 27.6 Å². The number of fused-ring (bicyclic) bond motifs is 1. The van der Waals surface area contributed by atoms with Crippen LogP contribution in [0, 0.1) is 0 Å². The summed E-state index contributed by atoms with van der Waals surface area (Å²) in [4.78, 5) is 3.75. The van der Waals surface area contributed by atoms with Crippen molar-refractivity contribution in [2.75, 3.05) is 5.32 Å². The van der Waals surface area contributed by atoms with Crippen molar-refractivity contribution in [1.82, 2.24) is 15.3 Å². The molecule has 0 spiro atoms. The highest BCUT2D eigenvalue weighted by Crippen LogP contribution is 2.29. The summed E-state index contributed by atoms with van der Waals surface area (Å²) in [6.07, 6.45) is -4.75. The summed E-state index contributed by atoms with van der Waals surface area (Å²) in [5.41, 5.74) is 1.07. The molecule has 3 rings (SSSR count). The number of aromatic hydroxyl groups is 1. The van der Waals surface area contributed by atoms with Crippen LogP contribution in [-0.4, -0.2) is 26.8 Å². The zero-order valence-electron chi connectivity index (χ0n) is 10.6. The second-order valence-electron chi connectivity index (χ2n) is 4.16. The molecule has 0 radical (unpaired) electrons. The molecule has 2 aromatic heterocycles. The van der Waals surface area contributed by atoms with Gasteiger partial charge < -0.3 is 15.2 Å². The fourth-order valence-electron chi connectivity index (χ4n) is 1.71. The summed E-state index contributed by atoms with van der Waals surface area (Å²) in [5.74, 6) is -0.699. The van der Waals surface area contributed by atoms with Crippen LogP contribution in [0.5, 0.6) is 11.6 Å². The second kappa shape index (κ2) is 5.06. The highest BCUT2D eigenvalue weighted by molar-refractivity contribution is 5.78. The van der Waals surface area contributed by atoms with Crippen molar-refractivity contribution in [3.05, 3.63) is 30.3 Å². The largest absolute Gasteiger partial charge is 0.573 e. The lowest BCUT2D eigenvalue weighted by Crippen LogP contribution is -2.16. The highest BCUT2D eigenvalue weighted by atomic mass is 19.4. The van der Waals surface area contributed by atoms with Gasteiger partial charge in [-0.2, -0.15) is 4.98 Å². The minimum atomic E-state index is -4.75. The van der Waals surface area contributed by atoms with Crippen LogP contribution in [-0.2, 0) is 0 Å². The Hall–Kier alpha value is -3.04. The van der Waals surface area contributed by atoms with Crippen LogP contribution >= 0.6 is 0 Å². The first-order chi connectivity index (χ1) is 10.4. The normalized spacial score (nSPS) is 11.6. The minimum Gasteiger partial charge on any atom is -0.492 e. The standard InChI is InChI=1S/C12H7F3N4O3/c13-12(14,15)21-7-3-1-6(2-4-7)16-9-5-8-10(17-11(9)20)19-22-18-8/h1-5,16H,(H,17,19,20). The van der Waals surface area contributed by atoms with Gasteiger partial charge in [-0.25, -0.2) is 4.63 Å². The molecular formula is C12H7F3N4O3. The Bertz CT molecular complexity index is 801. The lowest BCUT2D eigenvalue weighted by atomic mass is 10.3. The molecule has 3 aromatic rings. The van der Waals surface area contributed by atoms with Crippen molar-refractivity contribution in [1.29, 1.82) is 0 Å². The SMILES string of the molecule is Oc1nc2nonc2cc1Nc1ccc(OC(F)(F)F)cc1. The number of ether oxygens (including phenoxy) is 1. The summed E-state index contributed by atoms with van der Waals surface area (Å²) >= 11 is 0. The molecule has 0 aliphatic heterocycles. The summed E-state index contributed by atoms with van der Waals surface area (Å²) in [6, 6.07) is 6.42. The van der Waals surface area contributed by atoms with Crippen molar-refractivity contribution in [2.24, 2.45) is 0 Å². The molecule has 0 aliphatic carbocycles. The van der Waals surface area contributed by atoms with Crippen LogP contribution in [0.1, 0.15) is 0 Å². The third-order valence-electron chi connectivity index (χ3n) is 2.60. The van der Waals surface area contributed by atoms with Crippen LogP contribution in [0.25, 0.3) is 11.2 Å². The van der Waals surface area contributed by atoms with Crippen molar-refractivity contribution in [3.8, 4) is 11.6 Å². The number of nitrogens with one attached hydrogen (secondary N) is 1. The summed E-state index contributed by atoms with van der Waals surface area (Å²) < 4.78 is 44.4. The molecule has 7 nitrogen and oxygen atoms in total. The Labute approximate surface area is 120 Å². The van der Waals surface area contributed by atoms with Crippen molar-refractivity contribution >= 4 is 22.5 Å². The number of benzene rings is 1. The van der Waals surface area contributed by atoms with E-state index in [1.165, 1.54) is 18.2 Å². The third-order valence-corrected chi connectivity index (χ3v) is 2.60. The van der Waals surface area contributed by atoms with Crippen LogP contribution in [0.4, 0.5) is 24.5 Å². The fourth-order valence-corrected chi connectivity index (χ4v) is 1.71. The molecule has 0 saturated carbocycles. The van der Waals surface area contributed by atoms with E-state index in [2.05, 4.69) is 30.0 Å². The Kier molecular flexibility index (Phi) is 3.20.